The van der Waals surface area contributed by atoms with Crippen LogP contribution in [-0.4, -0.2) is 28.9 Å². The molecule has 4 heteroatoms. The van der Waals surface area contributed by atoms with Gasteiger partial charge in [-0.05, 0) is 55.4 Å². The molecule has 3 nitrogen and oxygen atoms in total. The van der Waals surface area contributed by atoms with Gasteiger partial charge in [0.25, 0.3) is 5.91 Å². The third-order valence-corrected chi connectivity index (χ3v) is 4.51. The molecular weight excluding hydrogens is 291 g/mol. The van der Waals surface area contributed by atoms with Gasteiger partial charge in [0.05, 0.1) is 0 Å². The Balaban J connectivity index is 1.58. The molecule has 0 aliphatic carbocycles. The van der Waals surface area contributed by atoms with Gasteiger partial charge in [0.1, 0.15) is 5.82 Å². The van der Waals surface area contributed by atoms with Crippen LogP contribution >= 0.6 is 0 Å². The largest absolute Gasteiger partial charge is 0.338 e. The molecule has 0 bridgehead atoms. The zero-order valence-corrected chi connectivity index (χ0v) is 13.1. The van der Waals surface area contributed by atoms with E-state index in [-0.39, 0.29) is 11.7 Å². The lowest BCUT2D eigenvalue weighted by Gasteiger charge is -2.33. The Morgan fingerprint density at radius 3 is 2.78 bits per heavy atom. The molecule has 0 N–H and O–H groups in total. The van der Waals surface area contributed by atoms with E-state index >= 15 is 0 Å². The van der Waals surface area contributed by atoms with Crippen LogP contribution in [0.25, 0.3) is 0 Å². The van der Waals surface area contributed by atoms with Crippen molar-refractivity contribution < 1.29 is 9.18 Å². The first-order chi connectivity index (χ1) is 11.2. The van der Waals surface area contributed by atoms with Gasteiger partial charge in [-0.3, -0.25) is 9.78 Å². The molecule has 1 aliphatic heterocycles. The molecule has 1 aliphatic rings. The average Bonchev–Trinajstić information content (AvgIpc) is 2.61. The summed E-state index contributed by atoms with van der Waals surface area (Å²) in [7, 11) is 0. The Bertz CT molecular complexity index is 659. The summed E-state index contributed by atoms with van der Waals surface area (Å²) in [4.78, 5) is 18.4. The lowest BCUT2D eigenvalue weighted by Crippen LogP contribution is -2.40. The summed E-state index contributed by atoms with van der Waals surface area (Å²) in [5.74, 6) is 0.380. The number of nitrogens with zero attached hydrogens (tertiary/aromatic N) is 2. The number of pyridine rings is 1. The minimum Gasteiger partial charge on any atom is -0.338 e. The second-order valence-electron chi connectivity index (χ2n) is 6.13. The van der Waals surface area contributed by atoms with E-state index in [4.69, 9.17) is 0 Å². The molecule has 0 spiro atoms. The van der Waals surface area contributed by atoms with Crippen LogP contribution in [0.15, 0.2) is 48.8 Å². The maximum Gasteiger partial charge on any atom is 0.253 e. The number of amides is 1. The molecule has 1 atom stereocenters. The maximum absolute atomic E-state index is 13.7. The number of likely N-dealkylation sites (tertiary alicyclic amines) is 1. The zero-order chi connectivity index (χ0) is 16.1. The second kappa shape index (κ2) is 7.36. The van der Waals surface area contributed by atoms with Gasteiger partial charge >= 0.3 is 0 Å². The SMILES string of the molecule is O=C(c1ccncc1)N1CCCC(CCc2ccccc2F)C1. The number of carbonyl (C=O) groups is 1. The third-order valence-electron chi connectivity index (χ3n) is 4.51. The van der Waals surface area contributed by atoms with Crippen LogP contribution in [0.5, 0.6) is 0 Å². The number of hydrogen-bond donors (Lipinski definition) is 0. The summed E-state index contributed by atoms with van der Waals surface area (Å²) >= 11 is 0. The van der Waals surface area contributed by atoms with Crippen molar-refractivity contribution in [3.63, 3.8) is 0 Å². The minimum atomic E-state index is -0.131. The molecule has 0 radical (unpaired) electrons. The molecular formula is C19H21FN2O. The molecule has 1 fully saturated rings. The Kier molecular flexibility index (Phi) is 5.01. The normalized spacial score (nSPS) is 18.0. The summed E-state index contributed by atoms with van der Waals surface area (Å²) in [5.41, 5.74) is 1.46. The highest BCUT2D eigenvalue weighted by molar-refractivity contribution is 5.94. The first-order valence-corrected chi connectivity index (χ1v) is 8.17. The van der Waals surface area contributed by atoms with Gasteiger partial charge in [-0.1, -0.05) is 18.2 Å². The van der Waals surface area contributed by atoms with Crippen LogP contribution in [0.1, 0.15) is 35.2 Å². The van der Waals surface area contributed by atoms with Crippen molar-refractivity contribution in [3.8, 4) is 0 Å². The molecule has 1 amide bonds. The van der Waals surface area contributed by atoms with E-state index in [9.17, 15) is 9.18 Å². The van der Waals surface area contributed by atoms with E-state index in [1.807, 2.05) is 17.0 Å². The van der Waals surface area contributed by atoms with Crippen molar-refractivity contribution in [2.45, 2.75) is 25.7 Å². The highest BCUT2D eigenvalue weighted by Crippen LogP contribution is 2.23. The first-order valence-electron chi connectivity index (χ1n) is 8.17. The van der Waals surface area contributed by atoms with Gasteiger partial charge in [0.2, 0.25) is 0 Å². The lowest BCUT2D eigenvalue weighted by molar-refractivity contribution is 0.0668. The molecule has 1 saturated heterocycles. The highest BCUT2D eigenvalue weighted by atomic mass is 19.1. The predicted molar refractivity (Wildman–Crippen MR) is 87.6 cm³/mol. The van der Waals surface area contributed by atoms with Crippen LogP contribution in [0.2, 0.25) is 0 Å². The van der Waals surface area contributed by atoms with Crippen LogP contribution in [0.3, 0.4) is 0 Å². The molecule has 2 aromatic rings. The van der Waals surface area contributed by atoms with Gasteiger partial charge < -0.3 is 4.90 Å². The summed E-state index contributed by atoms with van der Waals surface area (Å²) in [5, 5.41) is 0. The van der Waals surface area contributed by atoms with Crippen LogP contribution in [-0.2, 0) is 6.42 Å². The van der Waals surface area contributed by atoms with Crippen molar-refractivity contribution in [3.05, 3.63) is 65.7 Å². The Morgan fingerprint density at radius 2 is 2.00 bits per heavy atom. The highest BCUT2D eigenvalue weighted by Gasteiger charge is 2.24. The summed E-state index contributed by atoms with van der Waals surface area (Å²) in [6.07, 6.45) is 7.06. The molecule has 1 aromatic heterocycles. The standard InChI is InChI=1S/C19H21FN2O/c20-18-6-2-1-5-16(18)8-7-15-4-3-13-22(14-15)19(23)17-9-11-21-12-10-17/h1-2,5-6,9-12,15H,3-4,7-8,13-14H2. The van der Waals surface area contributed by atoms with E-state index in [0.29, 0.717) is 11.5 Å². The van der Waals surface area contributed by atoms with Gasteiger partial charge in [-0.15, -0.1) is 0 Å². The molecule has 2 heterocycles. The molecule has 23 heavy (non-hydrogen) atoms. The number of halogens is 1. The lowest BCUT2D eigenvalue weighted by atomic mass is 9.91. The number of benzene rings is 1. The van der Waals surface area contributed by atoms with Crippen molar-refractivity contribution in [2.24, 2.45) is 5.92 Å². The zero-order valence-electron chi connectivity index (χ0n) is 13.1. The molecule has 3 rings (SSSR count). The monoisotopic (exact) mass is 312 g/mol. The van der Waals surface area contributed by atoms with Crippen molar-refractivity contribution in [1.82, 2.24) is 9.88 Å². The number of piperidine rings is 1. The number of hydrogen-bond acceptors (Lipinski definition) is 2. The molecule has 0 saturated carbocycles. The van der Waals surface area contributed by atoms with Crippen LogP contribution in [0.4, 0.5) is 4.39 Å². The fraction of sp³-hybridized carbons (Fsp3) is 0.368. The summed E-state index contributed by atoms with van der Waals surface area (Å²) in [6.45, 7) is 1.56. The fourth-order valence-electron chi connectivity index (χ4n) is 3.22. The number of rotatable bonds is 4. The Hall–Kier alpha value is -2.23. The minimum absolute atomic E-state index is 0.0722. The summed E-state index contributed by atoms with van der Waals surface area (Å²) < 4.78 is 13.7. The van der Waals surface area contributed by atoms with Gasteiger partial charge in [0, 0.05) is 31.0 Å². The quantitative estimate of drug-likeness (QED) is 0.862. The first kappa shape index (κ1) is 15.7. The van der Waals surface area contributed by atoms with E-state index < -0.39 is 0 Å². The van der Waals surface area contributed by atoms with E-state index in [1.54, 1.807) is 30.6 Å². The van der Waals surface area contributed by atoms with Crippen molar-refractivity contribution >= 4 is 5.91 Å². The Labute approximate surface area is 136 Å². The number of aryl methyl sites for hydroxylation is 1. The van der Waals surface area contributed by atoms with E-state index in [0.717, 1.165) is 44.3 Å². The van der Waals surface area contributed by atoms with E-state index in [1.165, 1.54) is 6.07 Å². The average molecular weight is 312 g/mol. The Morgan fingerprint density at radius 1 is 1.22 bits per heavy atom. The van der Waals surface area contributed by atoms with Crippen molar-refractivity contribution in [2.75, 3.05) is 13.1 Å². The van der Waals surface area contributed by atoms with Gasteiger partial charge in [0.15, 0.2) is 0 Å². The summed E-state index contributed by atoms with van der Waals surface area (Å²) in [6, 6.07) is 10.5. The van der Waals surface area contributed by atoms with E-state index in [2.05, 4.69) is 4.98 Å². The number of carbonyl (C=O) groups excluding carboxylic acids is 1. The van der Waals surface area contributed by atoms with Crippen LogP contribution in [0, 0.1) is 11.7 Å². The van der Waals surface area contributed by atoms with Gasteiger partial charge in [-0.25, -0.2) is 4.39 Å². The van der Waals surface area contributed by atoms with Gasteiger partial charge in [-0.2, -0.15) is 0 Å². The fourth-order valence-corrected chi connectivity index (χ4v) is 3.22. The second-order valence-corrected chi connectivity index (χ2v) is 6.13. The third kappa shape index (κ3) is 3.95. The number of aromatic nitrogens is 1. The predicted octanol–water partition coefficient (Wildman–Crippen LogP) is 3.71. The topological polar surface area (TPSA) is 33.2 Å². The molecule has 120 valence electrons. The smallest absolute Gasteiger partial charge is 0.253 e. The van der Waals surface area contributed by atoms with Crippen LogP contribution < -0.4 is 0 Å². The molecule has 1 unspecified atom stereocenters. The molecule has 1 aromatic carbocycles. The van der Waals surface area contributed by atoms with Crippen molar-refractivity contribution in [1.29, 1.82) is 0 Å². The maximum atomic E-state index is 13.7.